The van der Waals surface area contributed by atoms with Crippen LogP contribution in [0.1, 0.15) is 23.7 Å². The van der Waals surface area contributed by atoms with Crippen molar-refractivity contribution >= 4 is 33.5 Å². The monoisotopic (exact) mass is 328 g/mol. The van der Waals surface area contributed by atoms with Crippen molar-refractivity contribution in [3.63, 3.8) is 0 Å². The van der Waals surface area contributed by atoms with Crippen molar-refractivity contribution < 1.29 is 14.7 Å². The topological polar surface area (TPSA) is 69.6 Å². The third kappa shape index (κ3) is 4.24. The summed E-state index contributed by atoms with van der Waals surface area (Å²) in [6, 6.07) is 4.94. The zero-order valence-electron chi connectivity index (χ0n) is 10.9. The summed E-state index contributed by atoms with van der Waals surface area (Å²) in [6.07, 6.45) is 0.822. The molecule has 0 radical (unpaired) electrons. The fourth-order valence-electron chi connectivity index (χ4n) is 1.75. The maximum absolute atomic E-state index is 11.5. The largest absolute Gasteiger partial charge is 0.478 e. The number of rotatable bonds is 6. The molecule has 2 N–H and O–H groups in total. The Morgan fingerprint density at radius 2 is 2.11 bits per heavy atom. The van der Waals surface area contributed by atoms with Crippen molar-refractivity contribution in [2.45, 2.75) is 13.3 Å². The lowest BCUT2D eigenvalue weighted by Crippen LogP contribution is -2.37. The number of benzene rings is 1. The molecule has 0 saturated carbocycles. The Morgan fingerprint density at radius 3 is 2.63 bits per heavy atom. The van der Waals surface area contributed by atoms with E-state index in [9.17, 15) is 14.7 Å². The smallest absolute Gasteiger partial charge is 0.337 e. The van der Waals surface area contributed by atoms with Crippen LogP contribution in [-0.2, 0) is 4.79 Å². The molecule has 0 atom stereocenters. The van der Waals surface area contributed by atoms with E-state index < -0.39 is 5.97 Å². The van der Waals surface area contributed by atoms with E-state index in [1.807, 2.05) is 6.92 Å². The average molecular weight is 329 g/mol. The molecular formula is C13H17BrN2O3. The summed E-state index contributed by atoms with van der Waals surface area (Å²) in [4.78, 5) is 24.5. The summed E-state index contributed by atoms with van der Waals surface area (Å²) in [5.74, 6) is -1.15. The summed E-state index contributed by atoms with van der Waals surface area (Å²) in [5, 5.41) is 11.8. The van der Waals surface area contributed by atoms with E-state index in [4.69, 9.17) is 0 Å². The van der Waals surface area contributed by atoms with Crippen LogP contribution >= 0.6 is 15.9 Å². The Bertz CT molecular complexity index is 477. The molecule has 0 heterocycles. The van der Waals surface area contributed by atoms with Gasteiger partial charge in [0, 0.05) is 18.1 Å². The summed E-state index contributed by atoms with van der Waals surface area (Å²) in [6.45, 7) is 2.74. The first kappa shape index (κ1) is 15.5. The molecule has 1 amide bonds. The Kier molecular flexibility index (Phi) is 5.82. The first-order chi connectivity index (χ1) is 8.99. The second-order valence-corrected chi connectivity index (χ2v) is 4.98. The molecule has 0 bridgehead atoms. The fraction of sp³-hybridized carbons (Fsp3) is 0.385. The molecule has 6 heteroatoms. The van der Waals surface area contributed by atoms with Crippen molar-refractivity contribution in [1.82, 2.24) is 5.32 Å². The van der Waals surface area contributed by atoms with Crippen LogP contribution in [0.3, 0.4) is 0 Å². The lowest BCUT2D eigenvalue weighted by atomic mass is 10.1. The number of carbonyl (C=O) groups excluding carboxylic acids is 1. The molecule has 1 aromatic rings. The standard InChI is InChI=1S/C13H17BrN2O3/c1-3-6-16(8-12(17)15-2)11-7-9(14)4-5-10(11)13(18)19/h4-5,7H,3,6,8H2,1-2H3,(H,15,17)(H,18,19). The number of aromatic carboxylic acids is 1. The second kappa shape index (κ2) is 7.13. The number of hydrogen-bond acceptors (Lipinski definition) is 3. The highest BCUT2D eigenvalue weighted by Gasteiger charge is 2.17. The third-order valence-corrected chi connectivity index (χ3v) is 3.13. The number of anilines is 1. The Labute approximate surface area is 120 Å². The highest BCUT2D eigenvalue weighted by Crippen LogP contribution is 2.25. The maximum atomic E-state index is 11.5. The van der Waals surface area contributed by atoms with Gasteiger partial charge in [0.25, 0.3) is 0 Å². The van der Waals surface area contributed by atoms with Gasteiger partial charge < -0.3 is 15.3 Å². The first-order valence-electron chi connectivity index (χ1n) is 5.98. The lowest BCUT2D eigenvalue weighted by Gasteiger charge is -2.25. The van der Waals surface area contributed by atoms with Gasteiger partial charge >= 0.3 is 5.97 Å². The van der Waals surface area contributed by atoms with Crippen LogP contribution in [0.4, 0.5) is 5.69 Å². The number of amides is 1. The van der Waals surface area contributed by atoms with Gasteiger partial charge in [0.15, 0.2) is 0 Å². The number of carbonyl (C=O) groups is 2. The van der Waals surface area contributed by atoms with Crippen LogP contribution in [0.25, 0.3) is 0 Å². The van der Waals surface area contributed by atoms with Gasteiger partial charge in [-0.3, -0.25) is 4.79 Å². The molecule has 0 aromatic heterocycles. The van der Waals surface area contributed by atoms with E-state index in [-0.39, 0.29) is 18.0 Å². The van der Waals surface area contributed by atoms with Crippen LogP contribution in [0.5, 0.6) is 0 Å². The zero-order chi connectivity index (χ0) is 14.4. The number of nitrogens with zero attached hydrogens (tertiary/aromatic N) is 1. The Balaban J connectivity index is 3.16. The van der Waals surface area contributed by atoms with Gasteiger partial charge in [-0.05, 0) is 24.6 Å². The van der Waals surface area contributed by atoms with E-state index >= 15 is 0 Å². The van der Waals surface area contributed by atoms with Crippen molar-refractivity contribution in [3.8, 4) is 0 Å². The lowest BCUT2D eigenvalue weighted by molar-refractivity contribution is -0.119. The van der Waals surface area contributed by atoms with Crippen LogP contribution < -0.4 is 10.2 Å². The van der Waals surface area contributed by atoms with E-state index in [2.05, 4.69) is 21.2 Å². The summed E-state index contributed by atoms with van der Waals surface area (Å²) in [7, 11) is 1.56. The molecule has 0 saturated heterocycles. The molecule has 1 rings (SSSR count). The molecule has 0 spiro atoms. The van der Waals surface area contributed by atoms with E-state index in [0.29, 0.717) is 12.2 Å². The van der Waals surface area contributed by atoms with Gasteiger partial charge in [0.2, 0.25) is 5.91 Å². The number of carboxylic acids is 1. The highest BCUT2D eigenvalue weighted by molar-refractivity contribution is 9.10. The fourth-order valence-corrected chi connectivity index (χ4v) is 2.10. The number of halogens is 1. The van der Waals surface area contributed by atoms with Gasteiger partial charge in [-0.15, -0.1) is 0 Å². The van der Waals surface area contributed by atoms with E-state index in [1.165, 1.54) is 6.07 Å². The molecule has 104 valence electrons. The van der Waals surface area contributed by atoms with Gasteiger partial charge in [0.05, 0.1) is 17.8 Å². The van der Waals surface area contributed by atoms with Gasteiger partial charge in [-0.1, -0.05) is 22.9 Å². The molecule has 5 nitrogen and oxygen atoms in total. The predicted octanol–water partition coefficient (Wildman–Crippen LogP) is 2.11. The Morgan fingerprint density at radius 1 is 1.42 bits per heavy atom. The van der Waals surface area contributed by atoms with Crippen LogP contribution in [0.15, 0.2) is 22.7 Å². The molecule has 1 aromatic carbocycles. The van der Waals surface area contributed by atoms with Crippen molar-refractivity contribution in [2.75, 3.05) is 25.0 Å². The summed E-state index contributed by atoms with van der Waals surface area (Å²) < 4.78 is 0.783. The normalized spacial score (nSPS) is 10.1. The van der Waals surface area contributed by atoms with Crippen molar-refractivity contribution in [2.24, 2.45) is 0 Å². The molecule has 0 fully saturated rings. The summed E-state index contributed by atoms with van der Waals surface area (Å²) >= 11 is 3.33. The predicted molar refractivity (Wildman–Crippen MR) is 77.7 cm³/mol. The minimum absolute atomic E-state index is 0.140. The Hall–Kier alpha value is -1.56. The average Bonchev–Trinajstić information content (AvgIpc) is 2.37. The van der Waals surface area contributed by atoms with Gasteiger partial charge in [0.1, 0.15) is 0 Å². The minimum Gasteiger partial charge on any atom is -0.478 e. The van der Waals surface area contributed by atoms with Crippen LogP contribution in [-0.4, -0.2) is 37.1 Å². The zero-order valence-corrected chi connectivity index (χ0v) is 12.5. The van der Waals surface area contributed by atoms with Crippen molar-refractivity contribution in [1.29, 1.82) is 0 Å². The van der Waals surface area contributed by atoms with Crippen LogP contribution in [0.2, 0.25) is 0 Å². The van der Waals surface area contributed by atoms with Gasteiger partial charge in [-0.25, -0.2) is 4.79 Å². The van der Waals surface area contributed by atoms with Gasteiger partial charge in [-0.2, -0.15) is 0 Å². The number of hydrogen-bond donors (Lipinski definition) is 2. The molecular weight excluding hydrogens is 312 g/mol. The van der Waals surface area contributed by atoms with Crippen LogP contribution in [0, 0.1) is 0 Å². The third-order valence-electron chi connectivity index (χ3n) is 2.64. The molecule has 0 aliphatic carbocycles. The number of nitrogens with one attached hydrogen (secondary N) is 1. The highest BCUT2D eigenvalue weighted by atomic mass is 79.9. The molecule has 0 aliphatic heterocycles. The number of likely N-dealkylation sites (N-methyl/N-ethyl adjacent to an activating group) is 1. The molecule has 0 unspecified atom stereocenters. The first-order valence-corrected chi connectivity index (χ1v) is 6.77. The number of carboxylic acid groups (broad SMARTS) is 1. The van der Waals surface area contributed by atoms with E-state index in [0.717, 1.165) is 10.9 Å². The maximum Gasteiger partial charge on any atom is 0.337 e. The summed E-state index contributed by atoms with van der Waals surface area (Å²) in [5.41, 5.74) is 0.743. The molecule has 19 heavy (non-hydrogen) atoms. The van der Waals surface area contributed by atoms with E-state index in [1.54, 1.807) is 24.1 Å². The second-order valence-electron chi connectivity index (χ2n) is 4.06. The minimum atomic E-state index is -1.000. The molecule has 0 aliphatic rings. The van der Waals surface area contributed by atoms with Crippen molar-refractivity contribution in [3.05, 3.63) is 28.2 Å². The SMILES string of the molecule is CCCN(CC(=O)NC)c1cc(Br)ccc1C(=O)O. The quantitative estimate of drug-likeness (QED) is 0.839.